The van der Waals surface area contributed by atoms with Crippen molar-refractivity contribution in [3.8, 4) is 0 Å². The second-order valence-corrected chi connectivity index (χ2v) is 5.98. The first-order valence-electron chi connectivity index (χ1n) is 6.98. The molecule has 1 rings (SSSR count). The van der Waals surface area contributed by atoms with E-state index >= 15 is 0 Å². The predicted octanol–water partition coefficient (Wildman–Crippen LogP) is 2.63. The molecule has 1 atom stereocenters. The van der Waals surface area contributed by atoms with Crippen molar-refractivity contribution >= 4 is 12.1 Å². The van der Waals surface area contributed by atoms with E-state index in [1.54, 1.807) is 27.7 Å². The third-order valence-corrected chi connectivity index (χ3v) is 3.06. The van der Waals surface area contributed by atoms with E-state index < -0.39 is 17.7 Å². The van der Waals surface area contributed by atoms with Gasteiger partial charge in [-0.15, -0.1) is 0 Å². The number of nitrogens with one attached hydrogen (secondary N) is 1. The summed E-state index contributed by atoms with van der Waals surface area (Å²) in [4.78, 5) is 23.6. The van der Waals surface area contributed by atoms with Crippen molar-refractivity contribution in [2.45, 2.75) is 65.0 Å². The molecule has 1 fully saturated rings. The number of hydrogen-bond donors (Lipinski definition) is 1. The van der Waals surface area contributed by atoms with Crippen LogP contribution in [0.4, 0.5) is 4.79 Å². The zero-order valence-electron chi connectivity index (χ0n) is 12.3. The Balaban J connectivity index is 2.51. The second kappa shape index (κ2) is 6.78. The number of hydrogen-bond acceptors (Lipinski definition) is 4. The Morgan fingerprint density at radius 3 is 2.37 bits per heavy atom. The summed E-state index contributed by atoms with van der Waals surface area (Å²) in [5.41, 5.74) is -0.570. The number of amides is 1. The molecule has 1 aliphatic carbocycles. The average Bonchev–Trinajstić information content (AvgIpc) is 2.19. The molecule has 0 saturated heterocycles. The van der Waals surface area contributed by atoms with Gasteiger partial charge in [-0.2, -0.15) is 0 Å². The van der Waals surface area contributed by atoms with Crippen LogP contribution in [0.25, 0.3) is 0 Å². The fourth-order valence-corrected chi connectivity index (χ4v) is 1.97. The van der Waals surface area contributed by atoms with E-state index in [2.05, 4.69) is 5.32 Å². The van der Waals surface area contributed by atoms with Gasteiger partial charge in [-0.1, -0.05) is 19.3 Å². The van der Waals surface area contributed by atoms with Crippen molar-refractivity contribution < 1.29 is 19.1 Å². The molecule has 0 aliphatic heterocycles. The third kappa shape index (κ3) is 5.94. The molecule has 0 bridgehead atoms. The maximum atomic E-state index is 11.8. The Hall–Kier alpha value is -1.26. The quantitative estimate of drug-likeness (QED) is 0.781. The van der Waals surface area contributed by atoms with E-state index in [-0.39, 0.29) is 5.97 Å². The number of esters is 1. The second-order valence-electron chi connectivity index (χ2n) is 5.98. The molecule has 1 amide bonds. The van der Waals surface area contributed by atoms with Crippen LogP contribution in [-0.4, -0.2) is 30.3 Å². The first-order valence-corrected chi connectivity index (χ1v) is 6.98. The van der Waals surface area contributed by atoms with E-state index in [4.69, 9.17) is 9.47 Å². The van der Waals surface area contributed by atoms with Gasteiger partial charge < -0.3 is 14.8 Å². The molecular weight excluding hydrogens is 246 g/mol. The van der Waals surface area contributed by atoms with Crippen molar-refractivity contribution in [1.29, 1.82) is 0 Å². The lowest BCUT2D eigenvalue weighted by molar-refractivity contribution is -0.146. The maximum absolute atomic E-state index is 11.8. The van der Waals surface area contributed by atoms with E-state index in [9.17, 15) is 9.59 Å². The van der Waals surface area contributed by atoms with Crippen molar-refractivity contribution in [1.82, 2.24) is 5.32 Å². The van der Waals surface area contributed by atoms with Crippen LogP contribution in [0.2, 0.25) is 0 Å². The molecule has 0 heterocycles. The molecule has 19 heavy (non-hydrogen) atoms. The summed E-state index contributed by atoms with van der Waals surface area (Å²) in [5, 5.41) is 2.62. The molecule has 1 N–H and O–H groups in total. The van der Waals surface area contributed by atoms with Crippen LogP contribution in [-0.2, 0) is 14.3 Å². The van der Waals surface area contributed by atoms with Gasteiger partial charge in [0.2, 0.25) is 0 Å². The van der Waals surface area contributed by atoms with E-state index in [1.807, 2.05) is 0 Å². The van der Waals surface area contributed by atoms with Gasteiger partial charge >= 0.3 is 12.1 Å². The van der Waals surface area contributed by atoms with Gasteiger partial charge in [-0.25, -0.2) is 9.59 Å². The SMILES string of the molecule is CCOC(=O)[C@@H](CC1CCC1)NC(=O)OC(C)(C)C. The molecule has 1 saturated carbocycles. The molecule has 0 radical (unpaired) electrons. The molecule has 5 heteroatoms. The summed E-state index contributed by atoms with van der Waals surface area (Å²) in [5.74, 6) is 0.129. The first-order chi connectivity index (χ1) is 8.81. The van der Waals surface area contributed by atoms with Crippen LogP contribution < -0.4 is 5.32 Å². The normalized spacial score (nSPS) is 17.3. The van der Waals surface area contributed by atoms with E-state index in [0.717, 1.165) is 12.8 Å². The fraction of sp³-hybridized carbons (Fsp3) is 0.857. The van der Waals surface area contributed by atoms with Crippen LogP contribution >= 0.6 is 0 Å². The largest absolute Gasteiger partial charge is 0.464 e. The highest BCUT2D eigenvalue weighted by molar-refractivity contribution is 5.81. The average molecular weight is 271 g/mol. The Morgan fingerprint density at radius 2 is 1.95 bits per heavy atom. The van der Waals surface area contributed by atoms with Gasteiger partial charge in [0.05, 0.1) is 6.61 Å². The Morgan fingerprint density at radius 1 is 1.32 bits per heavy atom. The lowest BCUT2D eigenvalue weighted by atomic mass is 9.81. The van der Waals surface area contributed by atoms with Crippen molar-refractivity contribution in [2.75, 3.05) is 6.61 Å². The minimum absolute atomic E-state index is 0.315. The zero-order valence-corrected chi connectivity index (χ0v) is 12.3. The molecule has 1 aliphatic rings. The highest BCUT2D eigenvalue weighted by atomic mass is 16.6. The van der Waals surface area contributed by atoms with Gasteiger partial charge in [-0.05, 0) is 40.0 Å². The van der Waals surface area contributed by atoms with Gasteiger partial charge in [0, 0.05) is 0 Å². The number of alkyl carbamates (subject to hydrolysis) is 1. The van der Waals surface area contributed by atoms with Crippen molar-refractivity contribution in [2.24, 2.45) is 5.92 Å². The summed E-state index contributed by atoms with van der Waals surface area (Å²) in [6.45, 7) is 7.44. The minimum atomic E-state index is -0.597. The van der Waals surface area contributed by atoms with Gasteiger partial charge in [0.25, 0.3) is 0 Å². The van der Waals surface area contributed by atoms with Crippen LogP contribution in [0.3, 0.4) is 0 Å². The third-order valence-electron chi connectivity index (χ3n) is 3.06. The first kappa shape index (κ1) is 15.8. The van der Waals surface area contributed by atoms with Crippen LogP contribution in [0.5, 0.6) is 0 Å². The predicted molar refractivity (Wildman–Crippen MR) is 71.7 cm³/mol. The molecule has 0 aromatic rings. The van der Waals surface area contributed by atoms with Crippen molar-refractivity contribution in [3.63, 3.8) is 0 Å². The Kier molecular flexibility index (Phi) is 5.63. The monoisotopic (exact) mass is 271 g/mol. The van der Waals surface area contributed by atoms with Gasteiger partial charge in [0.1, 0.15) is 11.6 Å². The maximum Gasteiger partial charge on any atom is 0.408 e. The topological polar surface area (TPSA) is 64.6 Å². The number of rotatable bonds is 5. The van der Waals surface area contributed by atoms with Gasteiger partial charge in [-0.3, -0.25) is 0 Å². The fourth-order valence-electron chi connectivity index (χ4n) is 1.97. The molecule has 0 aromatic carbocycles. The zero-order chi connectivity index (χ0) is 14.5. The molecule has 5 nitrogen and oxygen atoms in total. The Labute approximate surface area is 115 Å². The molecule has 0 unspecified atom stereocenters. The highest BCUT2D eigenvalue weighted by Gasteiger charge is 2.30. The highest BCUT2D eigenvalue weighted by Crippen LogP contribution is 2.30. The molecule has 0 aromatic heterocycles. The van der Waals surface area contributed by atoms with Crippen molar-refractivity contribution in [3.05, 3.63) is 0 Å². The summed E-state index contributed by atoms with van der Waals surface area (Å²) in [6, 6.07) is -0.597. The molecular formula is C14H25NO4. The lowest BCUT2D eigenvalue weighted by Gasteiger charge is -2.29. The summed E-state index contributed by atoms with van der Waals surface area (Å²) < 4.78 is 10.2. The minimum Gasteiger partial charge on any atom is -0.464 e. The molecule has 0 spiro atoms. The number of carbonyl (C=O) groups is 2. The smallest absolute Gasteiger partial charge is 0.408 e. The van der Waals surface area contributed by atoms with E-state index in [0.29, 0.717) is 18.9 Å². The van der Waals surface area contributed by atoms with Gasteiger partial charge in [0.15, 0.2) is 0 Å². The summed E-state index contributed by atoms with van der Waals surface area (Å²) >= 11 is 0. The summed E-state index contributed by atoms with van der Waals surface area (Å²) in [6.07, 6.45) is 3.51. The van der Waals surface area contributed by atoms with Crippen LogP contribution in [0.1, 0.15) is 53.4 Å². The van der Waals surface area contributed by atoms with Crippen LogP contribution in [0, 0.1) is 5.92 Å². The van der Waals surface area contributed by atoms with Crippen LogP contribution in [0.15, 0.2) is 0 Å². The lowest BCUT2D eigenvalue weighted by Crippen LogP contribution is -2.45. The molecule has 110 valence electrons. The summed E-state index contributed by atoms with van der Waals surface area (Å²) in [7, 11) is 0. The standard InChI is InChI=1S/C14H25NO4/c1-5-18-12(16)11(9-10-7-6-8-10)15-13(17)19-14(2,3)4/h10-11H,5-9H2,1-4H3,(H,15,17)/t11-/m1/s1. The number of ether oxygens (including phenoxy) is 2. The Bertz CT molecular complexity index is 318. The van der Waals surface area contributed by atoms with E-state index in [1.165, 1.54) is 6.42 Å². The number of carbonyl (C=O) groups excluding carboxylic acids is 2.